The Labute approximate surface area is 115 Å². The van der Waals surface area contributed by atoms with Crippen LogP contribution in [-0.4, -0.2) is 31.2 Å². The molecule has 19 heavy (non-hydrogen) atoms. The third kappa shape index (κ3) is 3.07. The van der Waals surface area contributed by atoms with Crippen LogP contribution >= 0.6 is 0 Å². The SMILES string of the molecule is C1=CC(N2CCOCC2)=C(Cc2ccccc2)CC1. The number of allylic oxidation sites excluding steroid dienone is 3. The molecule has 1 heterocycles. The molecule has 0 unspecified atom stereocenters. The van der Waals surface area contributed by atoms with Gasteiger partial charge in [-0.1, -0.05) is 36.4 Å². The molecular formula is C17H21NO. The van der Waals surface area contributed by atoms with Crippen molar-refractivity contribution < 1.29 is 4.74 Å². The summed E-state index contributed by atoms with van der Waals surface area (Å²) in [4.78, 5) is 2.48. The Morgan fingerprint density at radius 3 is 2.63 bits per heavy atom. The van der Waals surface area contributed by atoms with E-state index >= 15 is 0 Å². The number of morpholine rings is 1. The van der Waals surface area contributed by atoms with Gasteiger partial charge in [0.15, 0.2) is 0 Å². The summed E-state index contributed by atoms with van der Waals surface area (Å²) in [5.41, 5.74) is 4.44. The molecule has 0 atom stereocenters. The molecule has 2 aliphatic rings. The van der Waals surface area contributed by atoms with Gasteiger partial charge in [-0.3, -0.25) is 0 Å². The van der Waals surface area contributed by atoms with Gasteiger partial charge in [-0.2, -0.15) is 0 Å². The number of hydrogen-bond donors (Lipinski definition) is 0. The molecule has 0 radical (unpaired) electrons. The average Bonchev–Trinajstić information content (AvgIpc) is 2.50. The Kier molecular flexibility index (Phi) is 3.99. The first kappa shape index (κ1) is 12.5. The first-order valence-electron chi connectivity index (χ1n) is 7.19. The maximum absolute atomic E-state index is 5.46. The number of rotatable bonds is 3. The van der Waals surface area contributed by atoms with E-state index in [0.717, 1.165) is 32.7 Å². The Balaban J connectivity index is 1.81. The van der Waals surface area contributed by atoms with Gasteiger partial charge in [-0.15, -0.1) is 0 Å². The standard InChI is InChI=1S/C17H21NO/c1-2-6-15(7-3-1)14-16-8-4-5-9-17(16)18-10-12-19-13-11-18/h1-3,5-7,9H,4,8,10-14H2. The second-order valence-electron chi connectivity index (χ2n) is 5.19. The van der Waals surface area contributed by atoms with E-state index in [1.165, 1.54) is 24.1 Å². The van der Waals surface area contributed by atoms with Gasteiger partial charge in [0, 0.05) is 18.8 Å². The first-order valence-corrected chi connectivity index (χ1v) is 7.19. The zero-order valence-electron chi connectivity index (χ0n) is 11.3. The van der Waals surface area contributed by atoms with Crippen molar-refractivity contribution in [1.29, 1.82) is 0 Å². The molecule has 2 heteroatoms. The van der Waals surface area contributed by atoms with Gasteiger partial charge in [-0.05, 0) is 36.5 Å². The van der Waals surface area contributed by atoms with Crippen molar-refractivity contribution in [1.82, 2.24) is 4.90 Å². The van der Waals surface area contributed by atoms with Crippen LogP contribution in [0.3, 0.4) is 0 Å². The molecule has 0 N–H and O–H groups in total. The predicted molar refractivity (Wildman–Crippen MR) is 77.9 cm³/mol. The largest absolute Gasteiger partial charge is 0.378 e. The summed E-state index contributed by atoms with van der Waals surface area (Å²) in [5, 5.41) is 0. The van der Waals surface area contributed by atoms with Crippen LogP contribution in [0.2, 0.25) is 0 Å². The van der Waals surface area contributed by atoms with Gasteiger partial charge < -0.3 is 9.64 Å². The van der Waals surface area contributed by atoms with Crippen LogP contribution in [0.5, 0.6) is 0 Å². The molecule has 100 valence electrons. The molecular weight excluding hydrogens is 234 g/mol. The van der Waals surface area contributed by atoms with E-state index in [-0.39, 0.29) is 0 Å². The van der Waals surface area contributed by atoms with Crippen molar-refractivity contribution in [3.05, 3.63) is 59.3 Å². The summed E-state index contributed by atoms with van der Waals surface area (Å²) >= 11 is 0. The summed E-state index contributed by atoms with van der Waals surface area (Å²) in [6, 6.07) is 10.8. The summed E-state index contributed by atoms with van der Waals surface area (Å²) in [6.07, 6.45) is 8.07. The van der Waals surface area contributed by atoms with Crippen molar-refractivity contribution in [2.45, 2.75) is 19.3 Å². The zero-order valence-corrected chi connectivity index (χ0v) is 11.3. The molecule has 1 aliphatic carbocycles. The van der Waals surface area contributed by atoms with E-state index in [4.69, 9.17) is 4.74 Å². The number of nitrogens with zero attached hydrogens (tertiary/aromatic N) is 1. The molecule has 3 rings (SSSR count). The fourth-order valence-electron chi connectivity index (χ4n) is 2.85. The van der Waals surface area contributed by atoms with Gasteiger partial charge >= 0.3 is 0 Å². The van der Waals surface area contributed by atoms with E-state index in [1.54, 1.807) is 5.57 Å². The zero-order chi connectivity index (χ0) is 12.9. The summed E-state index contributed by atoms with van der Waals surface area (Å²) < 4.78 is 5.46. The molecule has 0 amide bonds. The van der Waals surface area contributed by atoms with Gasteiger partial charge in [0.05, 0.1) is 13.2 Å². The predicted octanol–water partition coefficient (Wildman–Crippen LogP) is 3.17. The minimum Gasteiger partial charge on any atom is -0.378 e. The second-order valence-corrected chi connectivity index (χ2v) is 5.19. The minimum atomic E-state index is 0.857. The third-order valence-electron chi connectivity index (χ3n) is 3.86. The summed E-state index contributed by atoms with van der Waals surface area (Å²) in [7, 11) is 0. The van der Waals surface area contributed by atoms with Crippen LogP contribution in [0.4, 0.5) is 0 Å². The topological polar surface area (TPSA) is 12.5 Å². The van der Waals surface area contributed by atoms with Crippen molar-refractivity contribution in [3.8, 4) is 0 Å². The van der Waals surface area contributed by atoms with E-state index < -0.39 is 0 Å². The number of benzene rings is 1. The molecule has 1 aromatic rings. The quantitative estimate of drug-likeness (QED) is 0.822. The van der Waals surface area contributed by atoms with Gasteiger partial charge in [0.2, 0.25) is 0 Å². The van der Waals surface area contributed by atoms with Crippen LogP contribution in [0.1, 0.15) is 18.4 Å². The molecule has 1 fully saturated rings. The monoisotopic (exact) mass is 255 g/mol. The first-order chi connectivity index (χ1) is 9.43. The van der Waals surface area contributed by atoms with Gasteiger partial charge in [-0.25, -0.2) is 0 Å². The van der Waals surface area contributed by atoms with E-state index in [9.17, 15) is 0 Å². The summed E-state index contributed by atoms with van der Waals surface area (Å²) in [5.74, 6) is 0. The van der Waals surface area contributed by atoms with E-state index in [2.05, 4.69) is 47.4 Å². The number of ether oxygens (including phenoxy) is 1. The van der Waals surface area contributed by atoms with Crippen LogP contribution in [0, 0.1) is 0 Å². The van der Waals surface area contributed by atoms with Gasteiger partial charge in [0.1, 0.15) is 0 Å². The molecule has 2 nitrogen and oxygen atoms in total. The lowest BCUT2D eigenvalue weighted by Crippen LogP contribution is -2.36. The lowest BCUT2D eigenvalue weighted by Gasteiger charge is -2.33. The fraction of sp³-hybridized carbons (Fsp3) is 0.412. The molecule has 1 aromatic carbocycles. The van der Waals surface area contributed by atoms with Crippen molar-refractivity contribution in [2.24, 2.45) is 0 Å². The Morgan fingerprint density at radius 2 is 1.84 bits per heavy atom. The van der Waals surface area contributed by atoms with Crippen LogP contribution in [0.15, 0.2) is 53.8 Å². The van der Waals surface area contributed by atoms with Crippen molar-refractivity contribution >= 4 is 0 Å². The number of hydrogen-bond acceptors (Lipinski definition) is 2. The highest BCUT2D eigenvalue weighted by molar-refractivity contribution is 5.33. The average molecular weight is 255 g/mol. The van der Waals surface area contributed by atoms with Crippen molar-refractivity contribution in [3.63, 3.8) is 0 Å². The minimum absolute atomic E-state index is 0.857. The van der Waals surface area contributed by atoms with Crippen LogP contribution < -0.4 is 0 Å². The van der Waals surface area contributed by atoms with Crippen LogP contribution in [-0.2, 0) is 11.2 Å². The lowest BCUT2D eigenvalue weighted by atomic mass is 9.94. The molecule has 0 aromatic heterocycles. The maximum atomic E-state index is 5.46. The van der Waals surface area contributed by atoms with Crippen LogP contribution in [0.25, 0.3) is 0 Å². The molecule has 0 saturated carbocycles. The highest BCUT2D eigenvalue weighted by Gasteiger charge is 2.17. The third-order valence-corrected chi connectivity index (χ3v) is 3.86. The van der Waals surface area contributed by atoms with E-state index in [0.29, 0.717) is 0 Å². The Morgan fingerprint density at radius 1 is 1.05 bits per heavy atom. The lowest BCUT2D eigenvalue weighted by molar-refractivity contribution is 0.0546. The molecule has 1 aliphatic heterocycles. The Hall–Kier alpha value is -1.54. The maximum Gasteiger partial charge on any atom is 0.0642 e. The molecule has 0 bridgehead atoms. The smallest absolute Gasteiger partial charge is 0.0642 e. The summed E-state index contributed by atoms with van der Waals surface area (Å²) in [6.45, 7) is 3.77. The van der Waals surface area contributed by atoms with Crippen molar-refractivity contribution in [2.75, 3.05) is 26.3 Å². The highest BCUT2D eigenvalue weighted by atomic mass is 16.5. The normalized spacial score (nSPS) is 19.9. The van der Waals surface area contributed by atoms with Gasteiger partial charge in [0.25, 0.3) is 0 Å². The van der Waals surface area contributed by atoms with E-state index in [1.807, 2.05) is 0 Å². The Bertz CT molecular complexity index is 469. The fourth-order valence-corrected chi connectivity index (χ4v) is 2.85. The second kappa shape index (κ2) is 6.07. The molecule has 1 saturated heterocycles. The highest BCUT2D eigenvalue weighted by Crippen LogP contribution is 2.25. The molecule has 0 spiro atoms.